The minimum atomic E-state index is 1.11. The van der Waals surface area contributed by atoms with Crippen molar-refractivity contribution in [2.45, 2.75) is 6.92 Å². The quantitative estimate of drug-likeness (QED) is 0.630. The molecule has 0 radical (unpaired) electrons. The molecule has 0 aromatic rings. The van der Waals surface area contributed by atoms with Gasteiger partial charge in [-0.25, -0.2) is 0 Å². The van der Waals surface area contributed by atoms with Crippen molar-refractivity contribution in [1.82, 2.24) is 9.80 Å². The van der Waals surface area contributed by atoms with E-state index in [2.05, 4.69) is 41.7 Å². The van der Waals surface area contributed by atoms with Crippen molar-refractivity contribution >= 4 is 0 Å². The Labute approximate surface area is 87.2 Å². The van der Waals surface area contributed by atoms with Crippen LogP contribution in [0.15, 0.2) is 36.6 Å². The van der Waals surface area contributed by atoms with Gasteiger partial charge in [-0.2, -0.15) is 0 Å². The lowest BCUT2D eigenvalue weighted by Gasteiger charge is -2.34. The number of hydrogen-bond donors (Lipinski definition) is 0. The Kier molecular flexibility index (Phi) is 4.47. The maximum Gasteiger partial charge on any atom is 0.0363 e. The van der Waals surface area contributed by atoms with Crippen LogP contribution in [0, 0.1) is 0 Å². The second-order valence-corrected chi connectivity index (χ2v) is 3.62. The summed E-state index contributed by atoms with van der Waals surface area (Å²) in [6, 6.07) is 0. The Balaban J connectivity index is 2.61. The molecule has 0 aromatic carbocycles. The van der Waals surface area contributed by atoms with Gasteiger partial charge in [0.05, 0.1) is 0 Å². The average molecular weight is 192 g/mol. The van der Waals surface area contributed by atoms with Crippen molar-refractivity contribution in [2.24, 2.45) is 0 Å². The molecule has 0 amide bonds. The van der Waals surface area contributed by atoms with Gasteiger partial charge in [-0.1, -0.05) is 18.7 Å². The molecule has 1 saturated heterocycles. The predicted octanol–water partition coefficient (Wildman–Crippen LogP) is 1.88. The smallest absolute Gasteiger partial charge is 0.0363 e. The van der Waals surface area contributed by atoms with Crippen molar-refractivity contribution in [2.75, 3.05) is 33.2 Å². The van der Waals surface area contributed by atoms with Gasteiger partial charge in [0.1, 0.15) is 0 Å². The summed E-state index contributed by atoms with van der Waals surface area (Å²) in [7, 11) is 2.17. The Morgan fingerprint density at radius 1 is 1.21 bits per heavy atom. The molecule has 1 fully saturated rings. The lowest BCUT2D eigenvalue weighted by Crippen LogP contribution is -2.43. The minimum absolute atomic E-state index is 1.11. The Hall–Kier alpha value is -1.02. The monoisotopic (exact) mass is 192 g/mol. The second-order valence-electron chi connectivity index (χ2n) is 3.62. The summed E-state index contributed by atoms with van der Waals surface area (Å²) in [6.45, 7) is 10.3. The molecule has 1 rings (SSSR count). The third-order valence-electron chi connectivity index (χ3n) is 2.49. The maximum absolute atomic E-state index is 3.75. The molecule has 78 valence electrons. The fourth-order valence-corrected chi connectivity index (χ4v) is 1.62. The molecule has 0 N–H and O–H groups in total. The van der Waals surface area contributed by atoms with E-state index < -0.39 is 0 Å². The standard InChI is InChI=1S/C12H20N2/c1-4-6-12(7-5-2)14-10-8-13(3)9-11-14/h4-7H,1,8-11H2,2-3H3/b7-5-,12-6+. The van der Waals surface area contributed by atoms with Crippen molar-refractivity contribution in [3.63, 3.8) is 0 Å². The third kappa shape index (κ3) is 3.04. The molecule has 0 unspecified atom stereocenters. The molecule has 0 spiro atoms. The van der Waals surface area contributed by atoms with E-state index in [1.165, 1.54) is 5.70 Å². The van der Waals surface area contributed by atoms with E-state index in [1.54, 1.807) is 0 Å². The lowest BCUT2D eigenvalue weighted by atomic mass is 10.2. The van der Waals surface area contributed by atoms with Gasteiger partial charge in [-0.15, -0.1) is 0 Å². The zero-order valence-electron chi connectivity index (χ0n) is 9.24. The second kappa shape index (κ2) is 5.66. The highest BCUT2D eigenvalue weighted by molar-refractivity contribution is 5.22. The van der Waals surface area contributed by atoms with Gasteiger partial charge in [0.25, 0.3) is 0 Å². The molecular weight excluding hydrogens is 172 g/mol. The number of rotatable bonds is 3. The summed E-state index contributed by atoms with van der Waals surface area (Å²) in [4.78, 5) is 4.76. The molecule has 0 aliphatic carbocycles. The van der Waals surface area contributed by atoms with Crippen LogP contribution in [0.4, 0.5) is 0 Å². The summed E-state index contributed by atoms with van der Waals surface area (Å²) in [6.07, 6.45) is 8.15. The van der Waals surface area contributed by atoms with E-state index in [4.69, 9.17) is 0 Å². The Morgan fingerprint density at radius 2 is 1.86 bits per heavy atom. The molecule has 0 saturated carbocycles. The summed E-state index contributed by atoms with van der Waals surface area (Å²) in [5.41, 5.74) is 1.27. The fraction of sp³-hybridized carbons (Fsp3) is 0.500. The summed E-state index contributed by atoms with van der Waals surface area (Å²) in [5, 5.41) is 0. The topological polar surface area (TPSA) is 6.48 Å². The van der Waals surface area contributed by atoms with Crippen molar-refractivity contribution in [3.05, 3.63) is 36.6 Å². The molecule has 0 atom stereocenters. The summed E-state index contributed by atoms with van der Waals surface area (Å²) in [5.74, 6) is 0. The van der Waals surface area contributed by atoms with E-state index in [9.17, 15) is 0 Å². The molecule has 1 aliphatic heterocycles. The van der Waals surface area contributed by atoms with E-state index >= 15 is 0 Å². The zero-order valence-corrected chi connectivity index (χ0v) is 9.24. The van der Waals surface area contributed by atoms with Gasteiger partial charge in [-0.05, 0) is 26.1 Å². The molecule has 2 nitrogen and oxygen atoms in total. The first kappa shape index (κ1) is 11.1. The van der Waals surface area contributed by atoms with Crippen LogP contribution in [0.2, 0.25) is 0 Å². The van der Waals surface area contributed by atoms with Crippen LogP contribution in [0.25, 0.3) is 0 Å². The first-order valence-electron chi connectivity index (χ1n) is 5.17. The molecule has 14 heavy (non-hydrogen) atoms. The average Bonchev–Trinajstić information content (AvgIpc) is 2.19. The molecule has 1 aliphatic rings. The van der Waals surface area contributed by atoms with Crippen LogP contribution < -0.4 is 0 Å². The SMILES string of the molecule is C=C/C=C(\C=C/C)N1CCN(C)CC1. The van der Waals surface area contributed by atoms with Crippen LogP contribution in [0.3, 0.4) is 0 Å². The molecule has 0 bridgehead atoms. The van der Waals surface area contributed by atoms with Gasteiger partial charge >= 0.3 is 0 Å². The number of hydrogen-bond acceptors (Lipinski definition) is 2. The predicted molar refractivity (Wildman–Crippen MR) is 62.2 cm³/mol. The van der Waals surface area contributed by atoms with Crippen molar-refractivity contribution in [1.29, 1.82) is 0 Å². The van der Waals surface area contributed by atoms with Gasteiger partial charge in [-0.3, -0.25) is 0 Å². The van der Waals surface area contributed by atoms with Crippen LogP contribution >= 0.6 is 0 Å². The molecular formula is C12H20N2. The summed E-state index contributed by atoms with van der Waals surface area (Å²) < 4.78 is 0. The van der Waals surface area contributed by atoms with E-state index in [1.807, 2.05) is 13.0 Å². The van der Waals surface area contributed by atoms with Crippen LogP contribution in [-0.4, -0.2) is 43.0 Å². The van der Waals surface area contributed by atoms with Crippen molar-refractivity contribution in [3.8, 4) is 0 Å². The fourth-order valence-electron chi connectivity index (χ4n) is 1.62. The number of likely N-dealkylation sites (N-methyl/N-ethyl adjacent to an activating group) is 1. The number of allylic oxidation sites excluding steroid dienone is 4. The van der Waals surface area contributed by atoms with Gasteiger partial charge in [0, 0.05) is 31.9 Å². The van der Waals surface area contributed by atoms with Crippen LogP contribution in [0.1, 0.15) is 6.92 Å². The highest BCUT2D eigenvalue weighted by Crippen LogP contribution is 2.10. The Morgan fingerprint density at radius 3 is 2.36 bits per heavy atom. The highest BCUT2D eigenvalue weighted by atomic mass is 15.2. The number of piperazine rings is 1. The van der Waals surface area contributed by atoms with Gasteiger partial charge in [0.15, 0.2) is 0 Å². The highest BCUT2D eigenvalue weighted by Gasteiger charge is 2.13. The third-order valence-corrected chi connectivity index (χ3v) is 2.49. The first-order chi connectivity index (χ1) is 6.77. The molecule has 1 heterocycles. The van der Waals surface area contributed by atoms with Crippen molar-refractivity contribution < 1.29 is 0 Å². The first-order valence-corrected chi connectivity index (χ1v) is 5.17. The van der Waals surface area contributed by atoms with Gasteiger partial charge < -0.3 is 9.80 Å². The molecule has 0 aromatic heterocycles. The minimum Gasteiger partial charge on any atom is -0.369 e. The largest absolute Gasteiger partial charge is 0.369 e. The maximum atomic E-state index is 3.75. The summed E-state index contributed by atoms with van der Waals surface area (Å²) >= 11 is 0. The van der Waals surface area contributed by atoms with E-state index in [0.29, 0.717) is 0 Å². The lowest BCUT2D eigenvalue weighted by molar-refractivity contribution is 0.190. The van der Waals surface area contributed by atoms with Gasteiger partial charge in [0.2, 0.25) is 0 Å². The van der Waals surface area contributed by atoms with E-state index in [0.717, 1.165) is 26.2 Å². The molecule has 2 heteroatoms. The normalized spacial score (nSPS) is 20.4. The van der Waals surface area contributed by atoms with E-state index in [-0.39, 0.29) is 0 Å². The van der Waals surface area contributed by atoms with Crippen LogP contribution in [0.5, 0.6) is 0 Å². The number of nitrogens with zero attached hydrogens (tertiary/aromatic N) is 2. The zero-order chi connectivity index (χ0) is 10.4. The van der Waals surface area contributed by atoms with Crippen LogP contribution in [-0.2, 0) is 0 Å². The Bertz CT molecular complexity index is 233.